The maximum Gasteiger partial charge on any atom is 0.230 e. The van der Waals surface area contributed by atoms with Gasteiger partial charge in [0.25, 0.3) is 0 Å². The summed E-state index contributed by atoms with van der Waals surface area (Å²) in [6, 6.07) is 8.39. The molecule has 0 saturated heterocycles. The fourth-order valence-electron chi connectivity index (χ4n) is 2.03. The number of benzene rings is 1. The normalized spacial score (nSPS) is 13.0. The van der Waals surface area contributed by atoms with E-state index in [0.29, 0.717) is 12.2 Å². The second kappa shape index (κ2) is 8.44. The van der Waals surface area contributed by atoms with E-state index in [1.54, 1.807) is 11.8 Å². The highest BCUT2D eigenvalue weighted by molar-refractivity contribution is 7.99. The van der Waals surface area contributed by atoms with E-state index in [0.717, 1.165) is 5.75 Å². The Labute approximate surface area is 132 Å². The molecule has 2 N–H and O–H groups in total. The number of carbonyl (C=O) groups is 1. The number of aliphatic hydroxyl groups excluding tert-OH is 1. The van der Waals surface area contributed by atoms with Crippen molar-refractivity contribution in [2.75, 3.05) is 12.4 Å². The van der Waals surface area contributed by atoms with Crippen molar-refractivity contribution in [3.8, 4) is 0 Å². The van der Waals surface area contributed by atoms with Crippen LogP contribution >= 0.6 is 11.8 Å². The number of thioether (sulfide) groups is 1. The van der Waals surface area contributed by atoms with Gasteiger partial charge in [-0.1, -0.05) is 50.6 Å². The van der Waals surface area contributed by atoms with Crippen molar-refractivity contribution in [3.05, 3.63) is 35.4 Å². The number of hydrogen-bond acceptors (Lipinski definition) is 3. The SMILES string of the molecule is Cc1ccc(CSCC(=O)NC(CCO)C(C)(C)C)cc1. The van der Waals surface area contributed by atoms with Crippen LogP contribution in [0.25, 0.3) is 0 Å². The fraction of sp³-hybridized carbons (Fsp3) is 0.588. The summed E-state index contributed by atoms with van der Waals surface area (Å²) in [5.74, 6) is 1.33. The lowest BCUT2D eigenvalue weighted by atomic mass is 9.85. The van der Waals surface area contributed by atoms with Crippen LogP contribution in [-0.2, 0) is 10.5 Å². The van der Waals surface area contributed by atoms with Crippen LogP contribution in [-0.4, -0.2) is 29.4 Å². The molecule has 1 atom stereocenters. The molecular formula is C17H27NO2S. The molecule has 0 aliphatic heterocycles. The molecule has 0 saturated carbocycles. The minimum absolute atomic E-state index is 0.00924. The lowest BCUT2D eigenvalue weighted by Crippen LogP contribution is -2.45. The lowest BCUT2D eigenvalue weighted by molar-refractivity contribution is -0.120. The highest BCUT2D eigenvalue weighted by atomic mass is 32.2. The van der Waals surface area contributed by atoms with E-state index in [9.17, 15) is 4.79 Å². The first-order chi connectivity index (χ1) is 9.82. The van der Waals surface area contributed by atoms with Crippen molar-refractivity contribution in [3.63, 3.8) is 0 Å². The van der Waals surface area contributed by atoms with E-state index < -0.39 is 0 Å². The number of hydrogen-bond donors (Lipinski definition) is 2. The second-order valence-corrected chi connectivity index (χ2v) is 7.46. The molecular weight excluding hydrogens is 282 g/mol. The number of aliphatic hydroxyl groups is 1. The van der Waals surface area contributed by atoms with Gasteiger partial charge in [-0.15, -0.1) is 11.8 Å². The van der Waals surface area contributed by atoms with Crippen molar-refractivity contribution >= 4 is 17.7 Å². The van der Waals surface area contributed by atoms with E-state index in [2.05, 4.69) is 57.3 Å². The molecule has 0 heterocycles. The molecule has 1 unspecified atom stereocenters. The Bertz CT molecular complexity index is 437. The largest absolute Gasteiger partial charge is 0.396 e. The van der Waals surface area contributed by atoms with E-state index in [1.165, 1.54) is 11.1 Å². The molecule has 0 aliphatic carbocycles. The Morgan fingerprint density at radius 2 is 1.90 bits per heavy atom. The Kier molecular flexibility index (Phi) is 7.26. The van der Waals surface area contributed by atoms with Crippen LogP contribution in [0.2, 0.25) is 0 Å². The van der Waals surface area contributed by atoms with E-state index in [-0.39, 0.29) is 24.0 Å². The molecule has 0 aliphatic rings. The molecule has 0 aromatic heterocycles. The summed E-state index contributed by atoms with van der Waals surface area (Å²) in [7, 11) is 0. The number of carbonyl (C=O) groups excluding carboxylic acids is 1. The van der Waals surface area contributed by atoms with Crippen molar-refractivity contribution in [2.24, 2.45) is 5.41 Å². The summed E-state index contributed by atoms with van der Waals surface area (Å²) < 4.78 is 0. The summed E-state index contributed by atoms with van der Waals surface area (Å²) in [5.41, 5.74) is 2.44. The average Bonchev–Trinajstić information content (AvgIpc) is 2.39. The molecule has 0 fully saturated rings. The Morgan fingerprint density at radius 3 is 2.43 bits per heavy atom. The molecule has 1 rings (SSSR count). The number of aryl methyl sites for hydroxylation is 1. The molecule has 0 bridgehead atoms. The zero-order valence-corrected chi connectivity index (χ0v) is 14.3. The summed E-state index contributed by atoms with van der Waals surface area (Å²) in [6.07, 6.45) is 0.595. The maximum atomic E-state index is 12.0. The summed E-state index contributed by atoms with van der Waals surface area (Å²) in [5, 5.41) is 12.1. The first-order valence-electron chi connectivity index (χ1n) is 7.36. The zero-order valence-electron chi connectivity index (χ0n) is 13.5. The molecule has 0 spiro atoms. The van der Waals surface area contributed by atoms with Crippen molar-refractivity contribution in [1.29, 1.82) is 0 Å². The van der Waals surface area contributed by atoms with Gasteiger partial charge in [-0.2, -0.15) is 0 Å². The Balaban J connectivity index is 2.37. The first-order valence-corrected chi connectivity index (χ1v) is 8.52. The third-order valence-corrected chi connectivity index (χ3v) is 4.42. The summed E-state index contributed by atoms with van der Waals surface area (Å²) >= 11 is 1.62. The average molecular weight is 309 g/mol. The summed E-state index contributed by atoms with van der Waals surface area (Å²) in [4.78, 5) is 12.0. The third-order valence-electron chi connectivity index (χ3n) is 3.42. The molecule has 1 amide bonds. The molecule has 21 heavy (non-hydrogen) atoms. The van der Waals surface area contributed by atoms with Gasteiger partial charge in [0.2, 0.25) is 5.91 Å². The van der Waals surface area contributed by atoms with Gasteiger partial charge < -0.3 is 10.4 Å². The van der Waals surface area contributed by atoms with Crippen LogP contribution < -0.4 is 5.32 Å². The standard InChI is InChI=1S/C17H27NO2S/c1-13-5-7-14(8-6-13)11-21-12-16(20)18-15(9-10-19)17(2,3)4/h5-8,15,19H,9-12H2,1-4H3,(H,18,20). The third kappa shape index (κ3) is 7.00. The first kappa shape index (κ1) is 18.1. The number of amides is 1. The molecule has 3 nitrogen and oxygen atoms in total. The van der Waals surface area contributed by atoms with Crippen LogP contribution in [0.5, 0.6) is 0 Å². The predicted octanol–water partition coefficient (Wildman–Crippen LogP) is 3.14. The second-order valence-electron chi connectivity index (χ2n) is 6.48. The van der Waals surface area contributed by atoms with Gasteiger partial charge in [-0.05, 0) is 24.3 Å². The zero-order chi connectivity index (χ0) is 15.9. The van der Waals surface area contributed by atoms with Crippen LogP contribution in [0.3, 0.4) is 0 Å². The van der Waals surface area contributed by atoms with E-state index in [1.807, 2.05) is 0 Å². The molecule has 1 aromatic rings. The predicted molar refractivity (Wildman–Crippen MR) is 90.4 cm³/mol. The Hall–Kier alpha value is -1.00. The van der Waals surface area contributed by atoms with Gasteiger partial charge in [0.1, 0.15) is 0 Å². The van der Waals surface area contributed by atoms with Gasteiger partial charge in [0, 0.05) is 18.4 Å². The minimum atomic E-state index is -0.0417. The van der Waals surface area contributed by atoms with Crippen molar-refractivity contribution in [1.82, 2.24) is 5.32 Å². The van der Waals surface area contributed by atoms with Gasteiger partial charge in [0.15, 0.2) is 0 Å². The van der Waals surface area contributed by atoms with Crippen LogP contribution in [0, 0.1) is 12.3 Å². The van der Waals surface area contributed by atoms with E-state index >= 15 is 0 Å². The van der Waals surface area contributed by atoms with Crippen LogP contribution in [0.15, 0.2) is 24.3 Å². The number of nitrogens with one attached hydrogen (secondary N) is 1. The van der Waals surface area contributed by atoms with Crippen LogP contribution in [0.1, 0.15) is 38.3 Å². The topological polar surface area (TPSA) is 49.3 Å². The summed E-state index contributed by atoms with van der Waals surface area (Å²) in [6.45, 7) is 8.39. The minimum Gasteiger partial charge on any atom is -0.396 e. The maximum absolute atomic E-state index is 12.0. The molecule has 4 heteroatoms. The van der Waals surface area contributed by atoms with Gasteiger partial charge >= 0.3 is 0 Å². The number of rotatable bonds is 7. The van der Waals surface area contributed by atoms with Crippen molar-refractivity contribution < 1.29 is 9.90 Å². The smallest absolute Gasteiger partial charge is 0.230 e. The van der Waals surface area contributed by atoms with Gasteiger partial charge in [-0.3, -0.25) is 4.79 Å². The van der Waals surface area contributed by atoms with Crippen LogP contribution in [0.4, 0.5) is 0 Å². The van der Waals surface area contributed by atoms with Gasteiger partial charge in [-0.25, -0.2) is 0 Å². The quantitative estimate of drug-likeness (QED) is 0.813. The molecule has 0 radical (unpaired) electrons. The highest BCUT2D eigenvalue weighted by Gasteiger charge is 2.25. The Morgan fingerprint density at radius 1 is 1.29 bits per heavy atom. The monoisotopic (exact) mass is 309 g/mol. The highest BCUT2D eigenvalue weighted by Crippen LogP contribution is 2.22. The molecule has 118 valence electrons. The van der Waals surface area contributed by atoms with Gasteiger partial charge in [0.05, 0.1) is 5.75 Å². The molecule has 1 aromatic carbocycles. The fourth-order valence-corrected chi connectivity index (χ4v) is 2.83. The lowest BCUT2D eigenvalue weighted by Gasteiger charge is -2.31. The van der Waals surface area contributed by atoms with Crippen molar-refractivity contribution in [2.45, 2.75) is 45.9 Å². The van der Waals surface area contributed by atoms with E-state index in [4.69, 9.17) is 5.11 Å².